The maximum atomic E-state index is 12.7. The first-order chi connectivity index (χ1) is 10.2. The van der Waals surface area contributed by atoms with Crippen molar-refractivity contribution in [3.05, 3.63) is 22.2 Å². The molecule has 4 nitrogen and oxygen atoms in total. The highest BCUT2D eigenvalue weighted by Gasteiger charge is 2.25. The van der Waals surface area contributed by atoms with Gasteiger partial charge in [0.2, 0.25) is 0 Å². The van der Waals surface area contributed by atoms with Crippen molar-refractivity contribution >= 4 is 21.7 Å². The monoisotopic (exact) mass is 355 g/mol. The van der Waals surface area contributed by atoms with Crippen LogP contribution < -0.4 is 14.8 Å². The van der Waals surface area contributed by atoms with Crippen molar-refractivity contribution in [2.75, 3.05) is 26.3 Å². The normalized spacial score (nSPS) is 15.8. The molecule has 0 atom stereocenters. The Kier molecular flexibility index (Phi) is 6.06. The van der Waals surface area contributed by atoms with Crippen molar-refractivity contribution in [3.8, 4) is 11.5 Å². The van der Waals surface area contributed by atoms with Crippen LogP contribution in [0.4, 0.5) is 0 Å². The average Bonchev–Trinajstić information content (AvgIpc) is 2.50. The summed E-state index contributed by atoms with van der Waals surface area (Å²) in [6.07, 6.45) is 1.78. The van der Waals surface area contributed by atoms with Crippen LogP contribution in [0.1, 0.15) is 37.0 Å². The average molecular weight is 356 g/mol. The fourth-order valence-electron chi connectivity index (χ4n) is 2.56. The maximum Gasteiger partial charge on any atom is 0.167 e. The first kappa shape index (κ1) is 16.3. The number of carbonyl (C=O) groups is 1. The number of ketones is 1. The van der Waals surface area contributed by atoms with Gasteiger partial charge in [-0.2, -0.15) is 0 Å². The van der Waals surface area contributed by atoms with Crippen LogP contribution in [0.25, 0.3) is 0 Å². The Bertz CT molecular complexity index is 499. The molecule has 0 radical (unpaired) electrons. The first-order valence-corrected chi connectivity index (χ1v) is 8.30. The highest BCUT2D eigenvalue weighted by Crippen LogP contribution is 2.35. The third-order valence-electron chi connectivity index (χ3n) is 3.61. The summed E-state index contributed by atoms with van der Waals surface area (Å²) in [7, 11) is 0. The van der Waals surface area contributed by atoms with Gasteiger partial charge >= 0.3 is 0 Å². The number of Topliss-reactive ketones (excluding diaryl/α,β-unsaturated/α-hetero) is 1. The van der Waals surface area contributed by atoms with E-state index < -0.39 is 0 Å². The lowest BCUT2D eigenvalue weighted by molar-refractivity contribution is 0.0893. The second-order valence-corrected chi connectivity index (χ2v) is 5.89. The first-order valence-electron chi connectivity index (χ1n) is 7.51. The highest BCUT2D eigenvalue weighted by molar-refractivity contribution is 9.10. The molecule has 0 bridgehead atoms. The van der Waals surface area contributed by atoms with Crippen LogP contribution in [0.3, 0.4) is 0 Å². The molecule has 1 aliphatic rings. The Morgan fingerprint density at radius 2 is 1.76 bits per heavy atom. The van der Waals surface area contributed by atoms with Crippen LogP contribution in [0.15, 0.2) is 16.6 Å². The molecule has 1 heterocycles. The van der Waals surface area contributed by atoms with E-state index in [-0.39, 0.29) is 11.7 Å². The largest absolute Gasteiger partial charge is 0.490 e. The van der Waals surface area contributed by atoms with Crippen LogP contribution in [-0.4, -0.2) is 32.1 Å². The molecule has 1 saturated heterocycles. The number of benzene rings is 1. The van der Waals surface area contributed by atoms with Crippen LogP contribution in [-0.2, 0) is 0 Å². The molecule has 1 fully saturated rings. The van der Waals surface area contributed by atoms with Gasteiger partial charge in [-0.25, -0.2) is 0 Å². The molecule has 0 aromatic heterocycles. The summed E-state index contributed by atoms with van der Waals surface area (Å²) in [5.41, 5.74) is 0.689. The number of hydrogen-bond donors (Lipinski definition) is 1. The van der Waals surface area contributed by atoms with Gasteiger partial charge in [0.05, 0.1) is 13.2 Å². The summed E-state index contributed by atoms with van der Waals surface area (Å²) in [5, 5.41) is 3.28. The van der Waals surface area contributed by atoms with Crippen molar-refractivity contribution in [2.24, 2.45) is 5.92 Å². The van der Waals surface area contributed by atoms with E-state index in [2.05, 4.69) is 21.2 Å². The van der Waals surface area contributed by atoms with E-state index in [4.69, 9.17) is 9.47 Å². The van der Waals surface area contributed by atoms with Crippen molar-refractivity contribution in [1.82, 2.24) is 5.32 Å². The zero-order chi connectivity index (χ0) is 15.2. The van der Waals surface area contributed by atoms with E-state index in [1.54, 1.807) is 0 Å². The van der Waals surface area contributed by atoms with E-state index in [0.717, 1.165) is 30.4 Å². The summed E-state index contributed by atoms with van der Waals surface area (Å²) < 4.78 is 12.0. The predicted octanol–water partition coefficient (Wildman–Crippen LogP) is 3.43. The second kappa shape index (κ2) is 7.80. The van der Waals surface area contributed by atoms with Crippen LogP contribution in [0.2, 0.25) is 0 Å². The van der Waals surface area contributed by atoms with E-state index in [0.29, 0.717) is 30.3 Å². The van der Waals surface area contributed by atoms with Crippen LogP contribution in [0.5, 0.6) is 11.5 Å². The Morgan fingerprint density at radius 3 is 2.33 bits per heavy atom. The lowest BCUT2D eigenvalue weighted by Crippen LogP contribution is -2.32. The zero-order valence-corrected chi connectivity index (χ0v) is 14.2. The topological polar surface area (TPSA) is 47.6 Å². The Balaban J connectivity index is 2.29. The molecule has 1 aromatic carbocycles. The molecular formula is C16H22BrNO3. The SMILES string of the molecule is CCOc1cc(Br)c(C(=O)C2CCNCC2)cc1OCC. The van der Waals surface area contributed by atoms with Gasteiger partial charge in [0.1, 0.15) is 0 Å². The quantitative estimate of drug-likeness (QED) is 0.794. The van der Waals surface area contributed by atoms with Crippen molar-refractivity contribution in [1.29, 1.82) is 0 Å². The summed E-state index contributed by atoms with van der Waals surface area (Å²) in [4.78, 5) is 12.7. The minimum absolute atomic E-state index is 0.0926. The highest BCUT2D eigenvalue weighted by atomic mass is 79.9. The molecule has 1 aliphatic heterocycles. The standard InChI is InChI=1S/C16H22BrNO3/c1-3-20-14-9-12(13(17)10-15(14)21-4-2)16(19)11-5-7-18-8-6-11/h9-11,18H,3-8H2,1-2H3. The molecule has 0 aliphatic carbocycles. The molecule has 116 valence electrons. The minimum atomic E-state index is 0.0926. The fourth-order valence-corrected chi connectivity index (χ4v) is 3.08. The smallest absolute Gasteiger partial charge is 0.167 e. The number of nitrogens with one attached hydrogen (secondary N) is 1. The van der Waals surface area contributed by atoms with Gasteiger partial charge in [0.25, 0.3) is 0 Å². The predicted molar refractivity (Wildman–Crippen MR) is 86.4 cm³/mol. The summed E-state index contributed by atoms with van der Waals surface area (Å²) in [6.45, 7) is 6.77. The molecule has 1 aromatic rings. The summed E-state index contributed by atoms with van der Waals surface area (Å²) >= 11 is 3.50. The van der Waals surface area contributed by atoms with Gasteiger partial charge < -0.3 is 14.8 Å². The van der Waals surface area contributed by atoms with Gasteiger partial charge in [-0.05, 0) is 67.8 Å². The molecule has 2 rings (SSSR count). The third-order valence-corrected chi connectivity index (χ3v) is 4.26. The lowest BCUT2D eigenvalue weighted by atomic mass is 9.89. The van der Waals surface area contributed by atoms with Crippen molar-refractivity contribution in [2.45, 2.75) is 26.7 Å². The van der Waals surface area contributed by atoms with Crippen LogP contribution in [0, 0.1) is 5.92 Å². The van der Waals surface area contributed by atoms with E-state index >= 15 is 0 Å². The van der Waals surface area contributed by atoms with E-state index in [1.807, 2.05) is 26.0 Å². The number of ether oxygens (including phenoxy) is 2. The molecule has 0 amide bonds. The fraction of sp³-hybridized carbons (Fsp3) is 0.562. The zero-order valence-electron chi connectivity index (χ0n) is 12.6. The molecule has 1 N–H and O–H groups in total. The number of rotatable bonds is 6. The summed E-state index contributed by atoms with van der Waals surface area (Å²) in [6, 6.07) is 3.64. The number of halogens is 1. The van der Waals surface area contributed by atoms with Gasteiger partial charge in [-0.15, -0.1) is 0 Å². The van der Waals surface area contributed by atoms with Gasteiger partial charge in [0, 0.05) is 16.0 Å². The van der Waals surface area contributed by atoms with Crippen molar-refractivity contribution in [3.63, 3.8) is 0 Å². The Hall–Kier alpha value is -1.07. The van der Waals surface area contributed by atoms with Gasteiger partial charge in [-0.3, -0.25) is 4.79 Å². The van der Waals surface area contributed by atoms with Gasteiger partial charge in [-0.1, -0.05) is 0 Å². The molecule has 5 heteroatoms. The second-order valence-electron chi connectivity index (χ2n) is 5.03. The molecule has 0 spiro atoms. The van der Waals surface area contributed by atoms with Crippen LogP contribution >= 0.6 is 15.9 Å². The molecule has 0 saturated carbocycles. The summed E-state index contributed by atoms with van der Waals surface area (Å²) in [5.74, 6) is 1.59. The molecule has 0 unspecified atom stereocenters. The number of hydrogen-bond acceptors (Lipinski definition) is 4. The van der Waals surface area contributed by atoms with E-state index in [9.17, 15) is 4.79 Å². The molecular weight excluding hydrogens is 334 g/mol. The minimum Gasteiger partial charge on any atom is -0.490 e. The molecule has 21 heavy (non-hydrogen) atoms. The third kappa shape index (κ3) is 3.98. The lowest BCUT2D eigenvalue weighted by Gasteiger charge is -2.22. The maximum absolute atomic E-state index is 12.7. The van der Waals surface area contributed by atoms with Gasteiger partial charge in [0.15, 0.2) is 17.3 Å². The number of carbonyl (C=O) groups excluding carboxylic acids is 1. The van der Waals surface area contributed by atoms with Crippen molar-refractivity contribution < 1.29 is 14.3 Å². The Labute approximate surface area is 134 Å². The Morgan fingerprint density at radius 1 is 1.19 bits per heavy atom. The van der Waals surface area contributed by atoms with E-state index in [1.165, 1.54) is 0 Å². The number of piperidine rings is 1.